The lowest BCUT2D eigenvalue weighted by atomic mass is 10.1. The fourth-order valence-electron chi connectivity index (χ4n) is 3.11. The molecule has 27 heavy (non-hydrogen) atoms. The Labute approximate surface area is 158 Å². The van der Waals surface area contributed by atoms with Gasteiger partial charge in [0.05, 0.1) is 5.56 Å². The number of rotatable bonds is 4. The first-order valence-corrected chi connectivity index (χ1v) is 8.95. The van der Waals surface area contributed by atoms with Crippen molar-refractivity contribution in [2.24, 2.45) is 0 Å². The topological polar surface area (TPSA) is 71.2 Å². The van der Waals surface area contributed by atoms with Crippen molar-refractivity contribution in [2.45, 2.75) is 40.7 Å². The summed E-state index contributed by atoms with van der Waals surface area (Å²) in [5.41, 5.74) is 6.25. The molecule has 1 aromatic heterocycles. The molecule has 1 amide bonds. The van der Waals surface area contributed by atoms with Crippen molar-refractivity contribution in [2.75, 3.05) is 5.32 Å². The molecule has 1 heterocycles. The molecule has 0 spiro atoms. The van der Waals surface area contributed by atoms with E-state index in [9.17, 15) is 9.59 Å². The van der Waals surface area contributed by atoms with E-state index in [1.165, 1.54) is 0 Å². The Morgan fingerprint density at radius 1 is 1.04 bits per heavy atom. The van der Waals surface area contributed by atoms with Gasteiger partial charge in [0.15, 0.2) is 6.10 Å². The monoisotopic (exact) mass is 364 g/mol. The number of nitrogens with one attached hydrogen (secondary N) is 2. The van der Waals surface area contributed by atoms with Crippen LogP contribution in [-0.2, 0) is 9.53 Å². The molecule has 140 valence electrons. The molecule has 2 N–H and O–H groups in total. The number of aromatic nitrogens is 1. The first kappa shape index (κ1) is 18.7. The summed E-state index contributed by atoms with van der Waals surface area (Å²) in [5.74, 6) is -0.866. The third kappa shape index (κ3) is 3.72. The quantitative estimate of drug-likeness (QED) is 0.665. The number of para-hydroxylation sites is 1. The summed E-state index contributed by atoms with van der Waals surface area (Å²) in [5, 5.41) is 3.84. The average molecular weight is 364 g/mol. The predicted molar refractivity (Wildman–Crippen MR) is 107 cm³/mol. The van der Waals surface area contributed by atoms with E-state index in [2.05, 4.69) is 10.3 Å². The van der Waals surface area contributed by atoms with Crippen molar-refractivity contribution in [1.29, 1.82) is 0 Å². The van der Waals surface area contributed by atoms with E-state index in [-0.39, 0.29) is 5.91 Å². The summed E-state index contributed by atoms with van der Waals surface area (Å²) in [4.78, 5) is 28.2. The van der Waals surface area contributed by atoms with Gasteiger partial charge in [-0.15, -0.1) is 0 Å². The minimum atomic E-state index is -0.902. The average Bonchev–Trinajstić information content (AvgIpc) is 2.91. The minimum Gasteiger partial charge on any atom is -0.449 e. The number of hydrogen-bond acceptors (Lipinski definition) is 3. The predicted octanol–water partition coefficient (Wildman–Crippen LogP) is 4.59. The maximum Gasteiger partial charge on any atom is 0.338 e. The number of fused-ring (bicyclic) bond motifs is 1. The molecule has 0 saturated carbocycles. The van der Waals surface area contributed by atoms with Gasteiger partial charge < -0.3 is 15.0 Å². The second-order valence-electron chi connectivity index (χ2n) is 6.94. The van der Waals surface area contributed by atoms with E-state index in [1.807, 2.05) is 52.0 Å². The SMILES string of the molecule is Cc1cccc(C)c1NC(=O)C(C)OC(=O)c1ccc2[nH]c(C)c(C)c2c1. The Morgan fingerprint density at radius 3 is 2.37 bits per heavy atom. The molecule has 0 saturated heterocycles. The van der Waals surface area contributed by atoms with Crippen molar-refractivity contribution >= 4 is 28.5 Å². The van der Waals surface area contributed by atoms with Crippen LogP contribution in [0.1, 0.15) is 39.7 Å². The highest BCUT2D eigenvalue weighted by Gasteiger charge is 2.20. The van der Waals surface area contributed by atoms with Gasteiger partial charge >= 0.3 is 5.97 Å². The zero-order chi connectivity index (χ0) is 19.7. The van der Waals surface area contributed by atoms with Crippen molar-refractivity contribution in [3.8, 4) is 0 Å². The van der Waals surface area contributed by atoms with Crippen molar-refractivity contribution in [3.05, 3.63) is 64.3 Å². The summed E-state index contributed by atoms with van der Waals surface area (Å²) < 4.78 is 5.38. The molecule has 1 atom stereocenters. The van der Waals surface area contributed by atoms with Crippen LogP contribution in [0.25, 0.3) is 10.9 Å². The van der Waals surface area contributed by atoms with E-state index < -0.39 is 12.1 Å². The molecule has 2 aromatic carbocycles. The largest absolute Gasteiger partial charge is 0.449 e. The van der Waals surface area contributed by atoms with Gasteiger partial charge in [-0.2, -0.15) is 0 Å². The lowest BCUT2D eigenvalue weighted by molar-refractivity contribution is -0.123. The first-order chi connectivity index (χ1) is 12.8. The zero-order valence-electron chi connectivity index (χ0n) is 16.3. The molecule has 1 unspecified atom stereocenters. The van der Waals surface area contributed by atoms with Crippen LogP contribution in [0, 0.1) is 27.7 Å². The number of aryl methyl sites for hydroxylation is 4. The molecular formula is C22H24N2O3. The van der Waals surface area contributed by atoms with Gasteiger partial charge in [0.2, 0.25) is 0 Å². The summed E-state index contributed by atoms with van der Waals surface area (Å²) >= 11 is 0. The Kier molecular flexibility index (Phi) is 5.04. The number of carbonyl (C=O) groups is 2. The molecule has 5 heteroatoms. The molecule has 3 aromatic rings. The molecule has 0 bridgehead atoms. The number of amides is 1. The third-order valence-corrected chi connectivity index (χ3v) is 4.93. The molecule has 0 aliphatic heterocycles. The van der Waals surface area contributed by atoms with E-state index in [4.69, 9.17) is 4.74 Å². The number of ether oxygens (including phenoxy) is 1. The first-order valence-electron chi connectivity index (χ1n) is 8.95. The fraction of sp³-hybridized carbons (Fsp3) is 0.273. The van der Waals surface area contributed by atoms with Gasteiger partial charge in [0.25, 0.3) is 5.91 Å². The highest BCUT2D eigenvalue weighted by atomic mass is 16.5. The van der Waals surface area contributed by atoms with Crippen LogP contribution in [-0.4, -0.2) is 23.0 Å². The van der Waals surface area contributed by atoms with E-state index in [1.54, 1.807) is 19.1 Å². The number of H-pyrrole nitrogens is 1. The molecule has 3 rings (SSSR count). The van der Waals surface area contributed by atoms with Crippen LogP contribution in [0.5, 0.6) is 0 Å². The van der Waals surface area contributed by atoms with Gasteiger partial charge in [-0.05, 0) is 69.5 Å². The number of carbonyl (C=O) groups excluding carboxylic acids is 2. The van der Waals surface area contributed by atoms with Crippen LogP contribution in [0.3, 0.4) is 0 Å². The summed E-state index contributed by atoms with van der Waals surface area (Å²) in [6, 6.07) is 11.1. The maximum absolute atomic E-state index is 12.5. The smallest absolute Gasteiger partial charge is 0.338 e. The van der Waals surface area contributed by atoms with Crippen molar-refractivity contribution < 1.29 is 14.3 Å². The zero-order valence-corrected chi connectivity index (χ0v) is 16.3. The van der Waals surface area contributed by atoms with E-state index in [0.29, 0.717) is 5.56 Å². The Hall–Kier alpha value is -3.08. The number of benzene rings is 2. The summed E-state index contributed by atoms with van der Waals surface area (Å²) in [6.45, 7) is 9.42. The normalized spacial score (nSPS) is 12.0. The van der Waals surface area contributed by atoms with Gasteiger partial charge in [-0.3, -0.25) is 4.79 Å². The Balaban J connectivity index is 1.73. The Bertz CT molecular complexity index is 1010. The van der Waals surface area contributed by atoms with Gasteiger partial charge in [-0.1, -0.05) is 18.2 Å². The van der Waals surface area contributed by atoms with Crippen LogP contribution in [0.15, 0.2) is 36.4 Å². The Morgan fingerprint density at radius 2 is 1.70 bits per heavy atom. The lowest BCUT2D eigenvalue weighted by Gasteiger charge is -2.16. The number of esters is 1. The number of hydrogen-bond donors (Lipinski definition) is 2. The maximum atomic E-state index is 12.5. The van der Waals surface area contributed by atoms with Crippen LogP contribution in [0.4, 0.5) is 5.69 Å². The van der Waals surface area contributed by atoms with Gasteiger partial charge in [0, 0.05) is 22.3 Å². The van der Waals surface area contributed by atoms with Crippen molar-refractivity contribution in [1.82, 2.24) is 4.98 Å². The second-order valence-corrected chi connectivity index (χ2v) is 6.94. The lowest BCUT2D eigenvalue weighted by Crippen LogP contribution is -2.30. The van der Waals surface area contributed by atoms with Crippen LogP contribution in [0.2, 0.25) is 0 Å². The third-order valence-electron chi connectivity index (χ3n) is 4.93. The number of aromatic amines is 1. The molecular weight excluding hydrogens is 340 g/mol. The molecule has 0 aliphatic carbocycles. The van der Waals surface area contributed by atoms with Gasteiger partial charge in [0.1, 0.15) is 0 Å². The van der Waals surface area contributed by atoms with Crippen LogP contribution < -0.4 is 5.32 Å². The number of anilines is 1. The fourth-order valence-corrected chi connectivity index (χ4v) is 3.11. The van der Waals surface area contributed by atoms with Crippen LogP contribution >= 0.6 is 0 Å². The highest BCUT2D eigenvalue weighted by Crippen LogP contribution is 2.23. The summed E-state index contributed by atoms with van der Waals surface area (Å²) in [6.07, 6.45) is -0.902. The molecule has 0 aliphatic rings. The van der Waals surface area contributed by atoms with Crippen molar-refractivity contribution in [3.63, 3.8) is 0 Å². The van der Waals surface area contributed by atoms with E-state index in [0.717, 1.165) is 39.0 Å². The van der Waals surface area contributed by atoms with Gasteiger partial charge in [-0.25, -0.2) is 4.79 Å². The highest BCUT2D eigenvalue weighted by molar-refractivity contribution is 6.00. The molecule has 0 fully saturated rings. The standard InChI is InChI=1S/C22H24N2O3/c1-12-7-6-8-13(2)20(12)24-21(25)16(5)27-22(26)17-9-10-19-18(11-17)14(3)15(4)23-19/h6-11,16,23H,1-5H3,(H,24,25). The molecule has 5 nitrogen and oxygen atoms in total. The minimum absolute atomic E-state index is 0.351. The van der Waals surface area contributed by atoms with E-state index >= 15 is 0 Å². The second kappa shape index (κ2) is 7.27. The summed E-state index contributed by atoms with van der Waals surface area (Å²) in [7, 11) is 0. The molecule has 0 radical (unpaired) electrons.